The fourth-order valence-electron chi connectivity index (χ4n) is 5.95. The molecule has 1 unspecified atom stereocenters. The average molecular weight is 512 g/mol. The number of hydrogen-bond acceptors (Lipinski definition) is 5. The topological polar surface area (TPSA) is 55.4 Å². The molecule has 37 heavy (non-hydrogen) atoms. The lowest BCUT2D eigenvalue weighted by molar-refractivity contribution is -0.938. The minimum absolute atomic E-state index is 0.173. The van der Waals surface area contributed by atoms with Crippen LogP contribution in [0.5, 0.6) is 0 Å². The third-order valence-electron chi connectivity index (χ3n) is 8.02. The molecule has 0 saturated carbocycles. The molecule has 3 aromatic carbocycles. The summed E-state index contributed by atoms with van der Waals surface area (Å²) in [6.07, 6.45) is 1.79. The molecule has 4 heterocycles. The Morgan fingerprint density at radius 2 is 1.68 bits per heavy atom. The first kappa shape index (κ1) is 23.9. The molecule has 0 spiro atoms. The van der Waals surface area contributed by atoms with Gasteiger partial charge >= 0.3 is 5.97 Å². The predicted octanol–water partition coefficient (Wildman–Crippen LogP) is 6.09. The van der Waals surface area contributed by atoms with Crippen LogP contribution in [0.25, 0.3) is 10.1 Å². The number of esters is 1. The van der Waals surface area contributed by atoms with Crippen molar-refractivity contribution in [1.29, 1.82) is 0 Å². The van der Waals surface area contributed by atoms with Gasteiger partial charge in [0.05, 0.1) is 13.1 Å². The molecule has 0 amide bonds. The van der Waals surface area contributed by atoms with Crippen molar-refractivity contribution in [2.45, 2.75) is 25.0 Å². The van der Waals surface area contributed by atoms with E-state index in [1.807, 2.05) is 78.9 Å². The number of anilines is 1. The van der Waals surface area contributed by atoms with Crippen LogP contribution in [0.2, 0.25) is 0 Å². The summed E-state index contributed by atoms with van der Waals surface area (Å²) in [6, 6.07) is 27.0. The number of ketones is 1. The number of thiophene rings is 1. The second-order valence-corrected chi connectivity index (χ2v) is 11.3. The van der Waals surface area contributed by atoms with E-state index in [1.54, 1.807) is 11.3 Å². The van der Waals surface area contributed by atoms with Gasteiger partial charge in [0.15, 0.2) is 12.1 Å². The average Bonchev–Trinajstić information content (AvgIpc) is 3.41. The van der Waals surface area contributed by atoms with E-state index in [4.69, 9.17) is 4.74 Å². The molecule has 3 aliphatic heterocycles. The lowest BCUT2D eigenvalue weighted by Crippen LogP contribution is -2.65. The first-order chi connectivity index (χ1) is 18.1. The highest BCUT2D eigenvalue weighted by molar-refractivity contribution is 7.17. The summed E-state index contributed by atoms with van der Waals surface area (Å²) in [5.41, 5.74) is 2.52. The largest absolute Gasteiger partial charge is 0.454 e. The van der Waals surface area contributed by atoms with Gasteiger partial charge < -0.3 is 14.5 Å². The molecule has 4 aromatic rings. The summed E-state index contributed by atoms with van der Waals surface area (Å²) < 4.78 is 8.15. The van der Waals surface area contributed by atoms with Crippen LogP contribution in [-0.4, -0.2) is 48.5 Å². The molecular formula is C31H31N2O3S+. The van der Waals surface area contributed by atoms with Gasteiger partial charge in [0, 0.05) is 34.7 Å². The molecule has 1 aromatic heterocycles. The van der Waals surface area contributed by atoms with Crippen LogP contribution in [0.1, 0.15) is 34.8 Å². The number of carbonyl (C=O) groups excluding carboxylic acids is 2. The minimum Gasteiger partial charge on any atom is -0.454 e. The fourth-order valence-corrected chi connectivity index (χ4v) is 6.73. The molecule has 7 rings (SSSR count). The van der Waals surface area contributed by atoms with Crippen molar-refractivity contribution in [2.75, 3.05) is 31.5 Å². The van der Waals surface area contributed by atoms with Gasteiger partial charge in [-0.3, -0.25) is 4.79 Å². The van der Waals surface area contributed by atoms with Gasteiger partial charge in [-0.1, -0.05) is 48.5 Å². The highest BCUT2D eigenvalue weighted by Crippen LogP contribution is 2.37. The summed E-state index contributed by atoms with van der Waals surface area (Å²) >= 11 is 1.69. The molecule has 0 radical (unpaired) electrons. The zero-order chi connectivity index (χ0) is 25.2. The Morgan fingerprint density at radius 1 is 0.946 bits per heavy atom. The predicted molar refractivity (Wildman–Crippen MR) is 148 cm³/mol. The van der Waals surface area contributed by atoms with Crippen LogP contribution < -0.4 is 5.32 Å². The maximum atomic E-state index is 13.6. The Balaban J connectivity index is 1.18. The van der Waals surface area contributed by atoms with E-state index in [1.165, 1.54) is 4.70 Å². The Labute approximate surface area is 221 Å². The number of para-hydroxylation sites is 1. The smallest absolute Gasteiger partial charge is 0.333 e. The van der Waals surface area contributed by atoms with Gasteiger partial charge in [-0.2, -0.15) is 0 Å². The standard InChI is InChI=1S/C31H31N2O3S/c34-27(24-11-12-29-25(19-24)15-18-37-29)20-33-16-13-22(14-17-33)28(21-33)36-31(35)30(23-7-3-1-4-8-23)32-26-9-5-2-6-10-26/h1-12,15,18-19,22,28,30,32H,13-14,16-17,20-21H2/q+1/t22?,28-,30?,33?/m0/s1. The second-order valence-electron chi connectivity index (χ2n) is 10.4. The summed E-state index contributed by atoms with van der Waals surface area (Å²) in [4.78, 5) is 26.9. The first-order valence-corrected chi connectivity index (χ1v) is 13.9. The maximum absolute atomic E-state index is 13.6. The first-order valence-electron chi connectivity index (χ1n) is 13.0. The van der Waals surface area contributed by atoms with E-state index in [9.17, 15) is 9.59 Å². The minimum atomic E-state index is -0.591. The summed E-state index contributed by atoms with van der Waals surface area (Å²) in [7, 11) is 0. The highest BCUT2D eigenvalue weighted by Gasteiger charge is 2.49. The molecule has 3 fully saturated rings. The molecule has 3 aliphatic rings. The molecule has 3 saturated heterocycles. The maximum Gasteiger partial charge on any atom is 0.333 e. The van der Waals surface area contributed by atoms with Gasteiger partial charge in [0.2, 0.25) is 5.78 Å². The second kappa shape index (κ2) is 10.1. The monoisotopic (exact) mass is 511 g/mol. The van der Waals surface area contributed by atoms with Gasteiger partial charge in [0.25, 0.3) is 0 Å². The molecular weight excluding hydrogens is 480 g/mol. The summed E-state index contributed by atoms with van der Waals surface area (Å²) in [5, 5.41) is 6.55. The number of fused-ring (bicyclic) bond motifs is 4. The number of nitrogens with one attached hydrogen (secondary N) is 1. The molecule has 5 nitrogen and oxygen atoms in total. The van der Waals surface area contributed by atoms with E-state index in [0.29, 0.717) is 23.5 Å². The third kappa shape index (κ3) is 5.04. The van der Waals surface area contributed by atoms with Crippen LogP contribution >= 0.6 is 11.3 Å². The van der Waals surface area contributed by atoms with Crippen molar-refractivity contribution in [2.24, 2.45) is 5.92 Å². The van der Waals surface area contributed by atoms with Crippen LogP contribution in [0.15, 0.2) is 90.3 Å². The SMILES string of the molecule is O=C(C[N+]12CCC(CC1)[C@@H](OC(=O)C(Nc1ccccc1)c1ccccc1)C2)c1ccc2sccc2c1. The van der Waals surface area contributed by atoms with Crippen LogP contribution in [0.3, 0.4) is 0 Å². The Bertz CT molecular complexity index is 1390. The summed E-state index contributed by atoms with van der Waals surface area (Å²) in [6.45, 7) is 3.10. The van der Waals surface area contributed by atoms with Crippen molar-refractivity contribution in [3.63, 3.8) is 0 Å². The molecule has 2 atom stereocenters. The Morgan fingerprint density at radius 3 is 2.43 bits per heavy atom. The van der Waals surface area contributed by atoms with E-state index in [0.717, 1.165) is 48.1 Å². The van der Waals surface area contributed by atoms with E-state index >= 15 is 0 Å². The zero-order valence-electron chi connectivity index (χ0n) is 20.7. The van der Waals surface area contributed by atoms with Gasteiger partial charge in [-0.25, -0.2) is 4.79 Å². The number of piperidine rings is 3. The lowest BCUT2D eigenvalue weighted by atomic mass is 9.82. The number of carbonyl (C=O) groups is 2. The Hall–Kier alpha value is -3.48. The Kier molecular flexibility index (Phi) is 6.53. The number of rotatable bonds is 8. The van der Waals surface area contributed by atoms with Crippen molar-refractivity contribution < 1.29 is 18.8 Å². The van der Waals surface area contributed by atoms with E-state index in [-0.39, 0.29) is 17.9 Å². The van der Waals surface area contributed by atoms with Crippen molar-refractivity contribution in [3.05, 3.63) is 101 Å². The molecule has 0 aliphatic carbocycles. The molecule has 188 valence electrons. The number of benzene rings is 3. The fraction of sp³-hybridized carbons (Fsp3) is 0.290. The van der Waals surface area contributed by atoms with E-state index in [2.05, 4.69) is 16.8 Å². The van der Waals surface area contributed by atoms with Crippen LogP contribution in [0.4, 0.5) is 5.69 Å². The highest BCUT2D eigenvalue weighted by atomic mass is 32.1. The van der Waals surface area contributed by atoms with Crippen LogP contribution in [-0.2, 0) is 9.53 Å². The zero-order valence-corrected chi connectivity index (χ0v) is 21.5. The molecule has 1 N–H and O–H groups in total. The number of quaternary nitrogens is 1. The van der Waals surface area contributed by atoms with Gasteiger partial charge in [0.1, 0.15) is 13.1 Å². The van der Waals surface area contributed by atoms with Gasteiger partial charge in [-0.15, -0.1) is 11.3 Å². The van der Waals surface area contributed by atoms with Crippen LogP contribution in [0, 0.1) is 5.92 Å². The number of Topliss-reactive ketones (excluding diaryl/α,β-unsaturated/α-hetero) is 1. The van der Waals surface area contributed by atoms with Gasteiger partial charge in [-0.05, 0) is 52.7 Å². The van der Waals surface area contributed by atoms with Crippen molar-refractivity contribution in [3.8, 4) is 0 Å². The summed E-state index contributed by atoms with van der Waals surface area (Å²) in [5.74, 6) is 0.266. The van der Waals surface area contributed by atoms with E-state index < -0.39 is 6.04 Å². The lowest BCUT2D eigenvalue weighted by Gasteiger charge is -2.51. The number of hydrogen-bond donors (Lipinski definition) is 1. The van der Waals surface area contributed by atoms with Crippen molar-refractivity contribution >= 4 is 38.9 Å². The molecule has 2 bridgehead atoms. The normalized spacial score (nSPS) is 23.5. The van der Waals surface area contributed by atoms with Crippen molar-refractivity contribution in [1.82, 2.24) is 0 Å². The third-order valence-corrected chi connectivity index (χ3v) is 8.91. The number of nitrogens with zero attached hydrogens (tertiary/aromatic N) is 1. The molecule has 6 heteroatoms. The quantitative estimate of drug-likeness (QED) is 0.177. The number of ether oxygens (including phenoxy) is 1.